The summed E-state index contributed by atoms with van der Waals surface area (Å²) in [5, 5.41) is 3.43. The first-order valence-electron chi connectivity index (χ1n) is 4.30. The van der Waals surface area contributed by atoms with Crippen LogP contribution in [-0.2, 0) is 10.2 Å². The predicted molar refractivity (Wildman–Crippen MR) is 53.5 cm³/mol. The molecule has 5 heteroatoms. The zero-order chi connectivity index (χ0) is 10.3. The van der Waals surface area contributed by atoms with Crippen LogP contribution in [0.15, 0.2) is 6.33 Å². The molecule has 1 aromatic rings. The smallest absolute Gasteiger partial charge is 0.143 e. The maximum Gasteiger partial charge on any atom is 0.143 e. The normalized spacial score (nSPS) is 22.6. The fourth-order valence-corrected chi connectivity index (χ4v) is 2.11. The topological polar surface area (TPSA) is 54.9 Å². The van der Waals surface area contributed by atoms with Gasteiger partial charge in [0.05, 0.1) is 6.04 Å². The maximum atomic E-state index is 10.8. The molecule has 1 unspecified atom stereocenters. The fraction of sp³-hybridized carbons (Fsp3) is 0.444. The summed E-state index contributed by atoms with van der Waals surface area (Å²) in [6, 6.07) is -0.285. The Bertz CT molecular complexity index is 392. The van der Waals surface area contributed by atoms with Crippen LogP contribution in [0.25, 0.3) is 0 Å². The van der Waals surface area contributed by atoms with Crippen molar-refractivity contribution in [1.82, 2.24) is 9.97 Å². The summed E-state index contributed by atoms with van der Waals surface area (Å²) < 4.78 is 0. The van der Waals surface area contributed by atoms with Gasteiger partial charge in [-0.05, 0) is 0 Å². The van der Waals surface area contributed by atoms with E-state index in [2.05, 4.69) is 15.3 Å². The molecule has 0 fully saturated rings. The van der Waals surface area contributed by atoms with Crippen molar-refractivity contribution in [2.24, 2.45) is 0 Å². The number of aromatic nitrogens is 2. The Labute approximate surface area is 86.7 Å². The van der Waals surface area contributed by atoms with Crippen LogP contribution < -0.4 is 5.32 Å². The minimum Gasteiger partial charge on any atom is -0.359 e. The molecule has 0 saturated heterocycles. The molecule has 2 heterocycles. The Morgan fingerprint density at radius 2 is 2.29 bits per heavy atom. The number of fused-ring (bicyclic) bond motifs is 1. The molecule has 1 N–H and O–H groups in total. The lowest BCUT2D eigenvalue weighted by molar-refractivity contribution is -0.109. The molecule has 1 aliphatic heterocycles. The van der Waals surface area contributed by atoms with Gasteiger partial charge in [-0.3, -0.25) is 0 Å². The number of nitrogens with one attached hydrogen (secondary N) is 1. The average Bonchev–Trinajstić information content (AvgIpc) is 2.38. The zero-order valence-corrected chi connectivity index (χ0v) is 8.67. The number of carbonyl (C=O) groups excluding carboxylic acids is 1. The van der Waals surface area contributed by atoms with Gasteiger partial charge in [-0.1, -0.05) is 25.4 Å². The lowest BCUT2D eigenvalue weighted by Crippen LogP contribution is -2.34. The largest absolute Gasteiger partial charge is 0.359 e. The minimum atomic E-state index is -0.352. The van der Waals surface area contributed by atoms with Gasteiger partial charge in [0.15, 0.2) is 0 Å². The Kier molecular flexibility index (Phi) is 1.96. The van der Waals surface area contributed by atoms with Crippen LogP contribution in [0.4, 0.5) is 5.82 Å². The van der Waals surface area contributed by atoms with Crippen molar-refractivity contribution < 1.29 is 4.79 Å². The van der Waals surface area contributed by atoms with Gasteiger partial charge in [0.1, 0.15) is 23.6 Å². The van der Waals surface area contributed by atoms with Gasteiger partial charge in [0.2, 0.25) is 0 Å². The average molecular weight is 212 g/mol. The van der Waals surface area contributed by atoms with Crippen LogP contribution in [0.2, 0.25) is 5.15 Å². The highest BCUT2D eigenvalue weighted by Gasteiger charge is 2.42. The number of anilines is 1. The molecule has 1 atom stereocenters. The Hall–Kier alpha value is -1.16. The first kappa shape index (κ1) is 9.40. The SMILES string of the molecule is CC1(C)c2c(Cl)ncnc2NC1C=O. The Balaban J connectivity index is 2.61. The summed E-state index contributed by atoms with van der Waals surface area (Å²) >= 11 is 5.97. The number of carbonyl (C=O) groups is 1. The summed E-state index contributed by atoms with van der Waals surface area (Å²) in [5.74, 6) is 0.659. The molecule has 1 aromatic heterocycles. The number of nitrogens with zero attached hydrogens (tertiary/aromatic N) is 2. The maximum absolute atomic E-state index is 10.8. The van der Waals surface area contributed by atoms with E-state index in [1.165, 1.54) is 6.33 Å². The van der Waals surface area contributed by atoms with Crippen molar-refractivity contribution in [1.29, 1.82) is 0 Å². The van der Waals surface area contributed by atoms with Gasteiger partial charge in [-0.15, -0.1) is 0 Å². The lowest BCUT2D eigenvalue weighted by atomic mass is 9.82. The molecule has 74 valence electrons. The molecule has 0 aromatic carbocycles. The quantitative estimate of drug-likeness (QED) is 0.564. The van der Waals surface area contributed by atoms with Gasteiger partial charge in [0, 0.05) is 11.0 Å². The predicted octanol–water partition coefficient (Wildman–Crippen LogP) is 1.40. The van der Waals surface area contributed by atoms with E-state index >= 15 is 0 Å². The fourth-order valence-electron chi connectivity index (χ4n) is 1.73. The summed E-state index contributed by atoms with van der Waals surface area (Å²) in [6.07, 6.45) is 2.26. The molecular weight excluding hydrogens is 202 g/mol. The van der Waals surface area contributed by atoms with Crippen molar-refractivity contribution in [3.63, 3.8) is 0 Å². The molecule has 0 aliphatic carbocycles. The van der Waals surface area contributed by atoms with Gasteiger partial charge in [0.25, 0.3) is 0 Å². The first-order valence-corrected chi connectivity index (χ1v) is 4.68. The molecule has 1 aliphatic rings. The third-order valence-corrected chi connectivity index (χ3v) is 2.94. The molecule has 0 radical (unpaired) electrons. The lowest BCUT2D eigenvalue weighted by Gasteiger charge is -2.22. The molecule has 0 spiro atoms. The highest BCUT2D eigenvalue weighted by Crippen LogP contribution is 2.41. The first-order chi connectivity index (χ1) is 6.57. The summed E-state index contributed by atoms with van der Waals surface area (Å²) in [7, 11) is 0. The minimum absolute atomic E-state index is 0.285. The van der Waals surface area contributed by atoms with Crippen molar-refractivity contribution in [2.75, 3.05) is 5.32 Å². The van der Waals surface area contributed by atoms with Gasteiger partial charge in [-0.25, -0.2) is 9.97 Å². The van der Waals surface area contributed by atoms with E-state index in [1.807, 2.05) is 13.8 Å². The molecule has 4 nitrogen and oxygen atoms in total. The van der Waals surface area contributed by atoms with E-state index in [1.54, 1.807) is 0 Å². The number of hydrogen-bond acceptors (Lipinski definition) is 4. The molecule has 0 saturated carbocycles. The van der Waals surface area contributed by atoms with Crippen LogP contribution in [0.1, 0.15) is 19.4 Å². The third kappa shape index (κ3) is 1.10. The Morgan fingerprint density at radius 3 is 2.86 bits per heavy atom. The van der Waals surface area contributed by atoms with E-state index in [9.17, 15) is 4.79 Å². The summed E-state index contributed by atoms with van der Waals surface area (Å²) in [4.78, 5) is 18.8. The van der Waals surface area contributed by atoms with E-state index in [-0.39, 0.29) is 11.5 Å². The Morgan fingerprint density at radius 1 is 1.57 bits per heavy atom. The van der Waals surface area contributed by atoms with E-state index < -0.39 is 0 Å². The van der Waals surface area contributed by atoms with Crippen molar-refractivity contribution in [2.45, 2.75) is 25.3 Å². The standard InChI is InChI=1S/C9H10ClN3O/c1-9(2)5(3-14)13-8-6(9)7(10)11-4-12-8/h3-5H,1-2H3,(H,11,12,13). The van der Waals surface area contributed by atoms with Crippen LogP contribution in [0, 0.1) is 0 Å². The van der Waals surface area contributed by atoms with Crippen molar-refractivity contribution in [3.8, 4) is 0 Å². The zero-order valence-electron chi connectivity index (χ0n) is 7.91. The van der Waals surface area contributed by atoms with E-state index in [0.717, 1.165) is 11.8 Å². The molecule has 14 heavy (non-hydrogen) atoms. The van der Waals surface area contributed by atoms with E-state index in [0.29, 0.717) is 11.0 Å². The van der Waals surface area contributed by atoms with E-state index in [4.69, 9.17) is 11.6 Å². The second-order valence-corrected chi connectivity index (χ2v) is 4.23. The van der Waals surface area contributed by atoms with Crippen LogP contribution in [0.5, 0.6) is 0 Å². The summed E-state index contributed by atoms with van der Waals surface area (Å²) in [6.45, 7) is 3.89. The molecule has 2 rings (SSSR count). The van der Waals surface area contributed by atoms with Gasteiger partial charge in [-0.2, -0.15) is 0 Å². The number of halogens is 1. The second-order valence-electron chi connectivity index (χ2n) is 3.87. The number of rotatable bonds is 1. The number of aldehydes is 1. The van der Waals surface area contributed by atoms with Crippen LogP contribution in [0.3, 0.4) is 0 Å². The van der Waals surface area contributed by atoms with Crippen LogP contribution in [-0.4, -0.2) is 22.3 Å². The highest BCUT2D eigenvalue weighted by molar-refractivity contribution is 6.30. The van der Waals surface area contributed by atoms with Crippen LogP contribution >= 0.6 is 11.6 Å². The summed E-state index contributed by atoms with van der Waals surface area (Å²) in [5.41, 5.74) is 0.467. The van der Waals surface area contributed by atoms with Crippen molar-refractivity contribution >= 4 is 23.7 Å². The van der Waals surface area contributed by atoms with Crippen molar-refractivity contribution in [3.05, 3.63) is 17.0 Å². The molecule has 0 amide bonds. The second kappa shape index (κ2) is 2.92. The molecule has 0 bridgehead atoms. The highest BCUT2D eigenvalue weighted by atomic mass is 35.5. The third-order valence-electron chi connectivity index (χ3n) is 2.65. The van der Waals surface area contributed by atoms with Gasteiger partial charge >= 0.3 is 0 Å². The monoisotopic (exact) mass is 211 g/mol. The number of hydrogen-bond donors (Lipinski definition) is 1. The van der Waals surface area contributed by atoms with Gasteiger partial charge < -0.3 is 10.1 Å². The molecular formula is C9H10ClN3O.